The van der Waals surface area contributed by atoms with Crippen molar-refractivity contribution < 1.29 is 14.7 Å². The molecule has 1 amide bonds. The summed E-state index contributed by atoms with van der Waals surface area (Å²) in [4.78, 5) is 22.8. The molecule has 0 aliphatic rings. The lowest BCUT2D eigenvalue weighted by molar-refractivity contribution is -0.137. The van der Waals surface area contributed by atoms with Crippen LogP contribution in [0.5, 0.6) is 0 Å². The van der Waals surface area contributed by atoms with E-state index in [2.05, 4.69) is 5.32 Å². The van der Waals surface area contributed by atoms with Crippen LogP contribution in [0.15, 0.2) is 24.3 Å². The summed E-state index contributed by atoms with van der Waals surface area (Å²) in [7, 11) is 0. The van der Waals surface area contributed by atoms with Crippen LogP contribution in [-0.4, -0.2) is 23.0 Å². The van der Waals surface area contributed by atoms with Gasteiger partial charge in [0.05, 0.1) is 5.41 Å². The highest BCUT2D eigenvalue weighted by molar-refractivity contribution is 6.30. The molecular weight excluding hydrogens is 278 g/mol. The molecule has 0 aliphatic carbocycles. The van der Waals surface area contributed by atoms with Crippen LogP contribution in [0.4, 0.5) is 0 Å². The minimum absolute atomic E-state index is 0.0407. The Morgan fingerprint density at radius 1 is 1.40 bits per heavy atom. The quantitative estimate of drug-likeness (QED) is 0.848. The number of halogens is 1. The van der Waals surface area contributed by atoms with Crippen molar-refractivity contribution in [1.82, 2.24) is 5.32 Å². The van der Waals surface area contributed by atoms with Gasteiger partial charge in [0, 0.05) is 17.5 Å². The maximum atomic E-state index is 12.3. The second-order valence-corrected chi connectivity index (χ2v) is 5.88. The fourth-order valence-corrected chi connectivity index (χ4v) is 2.01. The average Bonchev–Trinajstić information content (AvgIpc) is 2.36. The Bertz CT molecular complexity index is 500. The van der Waals surface area contributed by atoms with Crippen molar-refractivity contribution in [1.29, 1.82) is 0 Å². The molecule has 1 rings (SSSR count). The third-order valence-corrected chi connectivity index (χ3v) is 3.52. The third-order valence-electron chi connectivity index (χ3n) is 3.28. The second-order valence-electron chi connectivity index (χ2n) is 5.44. The van der Waals surface area contributed by atoms with Crippen molar-refractivity contribution in [3.8, 4) is 0 Å². The maximum absolute atomic E-state index is 12.3. The highest BCUT2D eigenvalue weighted by Gasteiger charge is 2.30. The van der Waals surface area contributed by atoms with Gasteiger partial charge in [0.15, 0.2) is 0 Å². The largest absolute Gasteiger partial charge is 0.481 e. The molecule has 5 heteroatoms. The van der Waals surface area contributed by atoms with E-state index in [1.165, 1.54) is 0 Å². The number of amides is 1. The summed E-state index contributed by atoms with van der Waals surface area (Å²) >= 11 is 5.95. The highest BCUT2D eigenvalue weighted by atomic mass is 35.5. The molecule has 0 heterocycles. The lowest BCUT2D eigenvalue weighted by Crippen LogP contribution is -2.44. The van der Waals surface area contributed by atoms with Crippen molar-refractivity contribution in [3.05, 3.63) is 34.9 Å². The van der Waals surface area contributed by atoms with Gasteiger partial charge in [0.25, 0.3) is 0 Å². The van der Waals surface area contributed by atoms with E-state index in [0.717, 1.165) is 5.56 Å². The third kappa shape index (κ3) is 4.53. The van der Waals surface area contributed by atoms with Gasteiger partial charge in [-0.2, -0.15) is 0 Å². The molecular formula is C15H20ClNO3. The first-order valence-electron chi connectivity index (χ1n) is 6.52. The van der Waals surface area contributed by atoms with E-state index in [9.17, 15) is 9.59 Å². The topological polar surface area (TPSA) is 66.4 Å². The summed E-state index contributed by atoms with van der Waals surface area (Å²) in [5.74, 6) is -1.00. The second kappa shape index (κ2) is 6.75. The zero-order valence-corrected chi connectivity index (χ0v) is 12.7. The molecule has 20 heavy (non-hydrogen) atoms. The number of carbonyl (C=O) groups excluding carboxylic acids is 1. The van der Waals surface area contributed by atoms with E-state index >= 15 is 0 Å². The number of carbonyl (C=O) groups is 2. The van der Waals surface area contributed by atoms with Gasteiger partial charge in [0.1, 0.15) is 0 Å². The van der Waals surface area contributed by atoms with Crippen molar-refractivity contribution in [2.45, 2.75) is 45.1 Å². The van der Waals surface area contributed by atoms with Crippen molar-refractivity contribution in [2.75, 3.05) is 0 Å². The molecule has 0 radical (unpaired) electrons. The van der Waals surface area contributed by atoms with Crippen LogP contribution in [0, 0.1) is 0 Å². The molecule has 1 unspecified atom stereocenters. The van der Waals surface area contributed by atoms with Gasteiger partial charge in [-0.1, -0.05) is 23.7 Å². The lowest BCUT2D eigenvalue weighted by atomic mass is 9.83. The normalized spacial score (nSPS) is 12.8. The predicted molar refractivity (Wildman–Crippen MR) is 79.0 cm³/mol. The fraction of sp³-hybridized carbons (Fsp3) is 0.467. The Hall–Kier alpha value is -1.55. The van der Waals surface area contributed by atoms with E-state index in [1.54, 1.807) is 25.1 Å². The van der Waals surface area contributed by atoms with Crippen LogP contribution in [0.3, 0.4) is 0 Å². The van der Waals surface area contributed by atoms with Gasteiger partial charge in [0.2, 0.25) is 5.91 Å². The first kappa shape index (κ1) is 16.5. The number of aliphatic carboxylic acids is 1. The van der Waals surface area contributed by atoms with Gasteiger partial charge in [-0.15, -0.1) is 0 Å². The Balaban J connectivity index is 2.72. The fourth-order valence-electron chi connectivity index (χ4n) is 1.82. The first-order chi connectivity index (χ1) is 9.23. The van der Waals surface area contributed by atoms with Crippen LogP contribution in [-0.2, 0) is 15.0 Å². The number of carboxylic acids is 1. The number of hydrogen-bond acceptors (Lipinski definition) is 2. The minimum Gasteiger partial charge on any atom is -0.481 e. The van der Waals surface area contributed by atoms with Crippen LogP contribution in [0.1, 0.15) is 39.2 Å². The molecule has 0 aromatic heterocycles. The molecule has 0 saturated heterocycles. The molecule has 1 aromatic carbocycles. The summed E-state index contributed by atoms with van der Waals surface area (Å²) < 4.78 is 0. The summed E-state index contributed by atoms with van der Waals surface area (Å²) in [6.07, 6.45) is 0.450. The number of nitrogens with one attached hydrogen (secondary N) is 1. The summed E-state index contributed by atoms with van der Waals surface area (Å²) in [5.41, 5.74) is 0.107. The number of rotatable bonds is 6. The number of benzene rings is 1. The standard InChI is InChI=1S/C15H20ClNO3/c1-10(7-8-13(18)19)17-14(20)15(2,3)11-5-4-6-12(16)9-11/h4-6,9-10H,7-8H2,1-3H3,(H,17,20)(H,18,19). The van der Waals surface area contributed by atoms with Crippen molar-refractivity contribution in [2.24, 2.45) is 0 Å². The molecule has 1 aromatic rings. The van der Waals surface area contributed by atoms with Gasteiger partial charge >= 0.3 is 5.97 Å². The number of carboxylic acid groups (broad SMARTS) is 1. The maximum Gasteiger partial charge on any atom is 0.303 e. The van der Waals surface area contributed by atoms with Gasteiger partial charge in [-0.25, -0.2) is 0 Å². The summed E-state index contributed by atoms with van der Waals surface area (Å²) in [6.45, 7) is 5.44. The Kier molecular flexibility index (Phi) is 5.57. The van der Waals surface area contributed by atoms with Gasteiger partial charge < -0.3 is 10.4 Å². The SMILES string of the molecule is CC(CCC(=O)O)NC(=O)C(C)(C)c1cccc(Cl)c1. The highest BCUT2D eigenvalue weighted by Crippen LogP contribution is 2.26. The van der Waals surface area contributed by atoms with Gasteiger partial charge in [-0.05, 0) is 44.9 Å². The van der Waals surface area contributed by atoms with E-state index in [0.29, 0.717) is 11.4 Å². The lowest BCUT2D eigenvalue weighted by Gasteiger charge is -2.26. The van der Waals surface area contributed by atoms with E-state index < -0.39 is 11.4 Å². The smallest absolute Gasteiger partial charge is 0.303 e. The molecule has 110 valence electrons. The molecule has 0 aliphatic heterocycles. The zero-order valence-electron chi connectivity index (χ0n) is 11.9. The monoisotopic (exact) mass is 297 g/mol. The number of hydrogen-bond donors (Lipinski definition) is 2. The van der Waals surface area contributed by atoms with Crippen LogP contribution < -0.4 is 5.32 Å². The molecule has 0 saturated carbocycles. The van der Waals surface area contributed by atoms with Crippen LogP contribution >= 0.6 is 11.6 Å². The molecule has 2 N–H and O–H groups in total. The van der Waals surface area contributed by atoms with Gasteiger partial charge in [-0.3, -0.25) is 9.59 Å². The van der Waals surface area contributed by atoms with E-state index in [1.807, 2.05) is 19.9 Å². The zero-order chi connectivity index (χ0) is 15.3. The van der Waals surface area contributed by atoms with Crippen molar-refractivity contribution in [3.63, 3.8) is 0 Å². The van der Waals surface area contributed by atoms with Crippen LogP contribution in [0.25, 0.3) is 0 Å². The first-order valence-corrected chi connectivity index (χ1v) is 6.90. The van der Waals surface area contributed by atoms with E-state index in [4.69, 9.17) is 16.7 Å². The molecule has 0 fully saturated rings. The molecule has 0 spiro atoms. The van der Waals surface area contributed by atoms with Crippen molar-refractivity contribution >= 4 is 23.5 Å². The summed E-state index contributed by atoms with van der Waals surface area (Å²) in [6, 6.07) is 7.00. The Morgan fingerprint density at radius 3 is 2.60 bits per heavy atom. The van der Waals surface area contributed by atoms with Crippen LogP contribution in [0.2, 0.25) is 5.02 Å². The summed E-state index contributed by atoms with van der Waals surface area (Å²) in [5, 5.41) is 12.1. The molecule has 0 bridgehead atoms. The Morgan fingerprint density at radius 2 is 2.05 bits per heavy atom. The molecule has 1 atom stereocenters. The van der Waals surface area contributed by atoms with E-state index in [-0.39, 0.29) is 18.4 Å². The average molecular weight is 298 g/mol. The minimum atomic E-state index is -0.861. The molecule has 4 nitrogen and oxygen atoms in total. The Labute approximate surface area is 124 Å². The predicted octanol–water partition coefficient (Wildman–Crippen LogP) is 2.99.